The Bertz CT molecular complexity index is 518. The fraction of sp³-hybridized carbons (Fsp3) is 0.273. The standard InChI is InChI=1S/C11H10BrClN4/c1-2-3-7-9(12)10(13)17-11(16-7)8-4-5-14-6-15-8/h4-6H,2-3H2,1H3. The van der Waals surface area contributed by atoms with Crippen molar-refractivity contribution < 1.29 is 0 Å². The van der Waals surface area contributed by atoms with Gasteiger partial charge in [-0.05, 0) is 28.4 Å². The van der Waals surface area contributed by atoms with Gasteiger partial charge in [0.2, 0.25) is 0 Å². The molecular weight excluding hydrogens is 304 g/mol. The lowest BCUT2D eigenvalue weighted by molar-refractivity contribution is 0.866. The molecule has 0 aromatic carbocycles. The van der Waals surface area contributed by atoms with E-state index in [9.17, 15) is 0 Å². The molecule has 2 rings (SSSR count). The predicted octanol–water partition coefficient (Wildman–Crippen LogP) is 3.30. The number of hydrogen-bond donors (Lipinski definition) is 0. The summed E-state index contributed by atoms with van der Waals surface area (Å²) in [5, 5.41) is 0.414. The number of halogens is 2. The second-order valence-electron chi connectivity index (χ2n) is 3.44. The van der Waals surface area contributed by atoms with Crippen LogP contribution < -0.4 is 0 Å². The number of hydrogen-bond acceptors (Lipinski definition) is 4. The van der Waals surface area contributed by atoms with Crippen molar-refractivity contribution in [2.75, 3.05) is 0 Å². The molecule has 0 amide bonds. The van der Waals surface area contributed by atoms with Gasteiger partial charge in [-0.2, -0.15) is 0 Å². The Hall–Kier alpha value is -1.07. The summed E-state index contributed by atoms with van der Waals surface area (Å²) >= 11 is 9.46. The number of rotatable bonds is 3. The van der Waals surface area contributed by atoms with Crippen LogP contribution in [0.15, 0.2) is 23.1 Å². The fourth-order valence-corrected chi connectivity index (χ4v) is 1.97. The van der Waals surface area contributed by atoms with Crippen molar-refractivity contribution in [2.24, 2.45) is 0 Å². The first-order valence-corrected chi connectivity index (χ1v) is 6.37. The molecule has 2 aromatic rings. The van der Waals surface area contributed by atoms with Gasteiger partial charge < -0.3 is 0 Å². The topological polar surface area (TPSA) is 51.6 Å². The Balaban J connectivity index is 2.49. The Morgan fingerprint density at radius 2 is 2.18 bits per heavy atom. The summed E-state index contributed by atoms with van der Waals surface area (Å²) < 4.78 is 0.763. The van der Waals surface area contributed by atoms with E-state index in [1.807, 2.05) is 0 Å². The van der Waals surface area contributed by atoms with Crippen molar-refractivity contribution in [3.63, 3.8) is 0 Å². The van der Waals surface area contributed by atoms with Gasteiger partial charge in [0.25, 0.3) is 0 Å². The van der Waals surface area contributed by atoms with Gasteiger partial charge in [0.05, 0.1) is 10.2 Å². The normalized spacial score (nSPS) is 10.5. The van der Waals surface area contributed by atoms with Crippen molar-refractivity contribution >= 4 is 27.5 Å². The number of nitrogens with zero attached hydrogens (tertiary/aromatic N) is 4. The zero-order chi connectivity index (χ0) is 12.3. The predicted molar refractivity (Wildman–Crippen MR) is 69.8 cm³/mol. The summed E-state index contributed by atoms with van der Waals surface area (Å²) in [6.45, 7) is 2.09. The lowest BCUT2D eigenvalue weighted by atomic mass is 10.2. The van der Waals surface area contributed by atoms with E-state index in [1.54, 1.807) is 12.3 Å². The van der Waals surface area contributed by atoms with Crippen LogP contribution in [0.1, 0.15) is 19.0 Å². The van der Waals surface area contributed by atoms with Crippen molar-refractivity contribution in [2.45, 2.75) is 19.8 Å². The molecule has 2 heterocycles. The average molecular weight is 314 g/mol. The van der Waals surface area contributed by atoms with Crippen LogP contribution in [0.2, 0.25) is 5.15 Å². The summed E-state index contributed by atoms with van der Waals surface area (Å²) in [6, 6.07) is 1.76. The van der Waals surface area contributed by atoms with Crippen LogP contribution in [-0.4, -0.2) is 19.9 Å². The minimum atomic E-state index is 0.414. The fourth-order valence-electron chi connectivity index (χ4n) is 1.40. The molecule has 4 nitrogen and oxygen atoms in total. The van der Waals surface area contributed by atoms with Gasteiger partial charge >= 0.3 is 0 Å². The van der Waals surface area contributed by atoms with Crippen molar-refractivity contribution in [3.8, 4) is 11.5 Å². The molecule has 0 spiro atoms. The zero-order valence-electron chi connectivity index (χ0n) is 9.19. The molecule has 0 atom stereocenters. The van der Waals surface area contributed by atoms with Crippen LogP contribution in [0.25, 0.3) is 11.5 Å². The lowest BCUT2D eigenvalue weighted by Gasteiger charge is -2.06. The van der Waals surface area contributed by atoms with E-state index in [0.717, 1.165) is 23.0 Å². The largest absolute Gasteiger partial charge is 0.245 e. The van der Waals surface area contributed by atoms with E-state index in [4.69, 9.17) is 11.6 Å². The van der Waals surface area contributed by atoms with Gasteiger partial charge in [-0.3, -0.25) is 0 Å². The molecule has 17 heavy (non-hydrogen) atoms. The third-order valence-electron chi connectivity index (χ3n) is 2.18. The Morgan fingerprint density at radius 1 is 1.35 bits per heavy atom. The molecule has 0 aliphatic heterocycles. The maximum atomic E-state index is 6.06. The SMILES string of the molecule is CCCc1nc(-c2ccncn2)nc(Cl)c1Br. The van der Waals surface area contributed by atoms with Crippen molar-refractivity contribution in [1.82, 2.24) is 19.9 Å². The summed E-state index contributed by atoms with van der Waals surface area (Å²) in [4.78, 5) is 16.6. The first-order valence-electron chi connectivity index (χ1n) is 5.20. The maximum Gasteiger partial charge on any atom is 0.180 e. The highest BCUT2D eigenvalue weighted by Crippen LogP contribution is 2.26. The number of aryl methyl sites for hydroxylation is 1. The Labute approximate surface area is 113 Å². The van der Waals surface area contributed by atoms with Crippen LogP contribution in [0.4, 0.5) is 0 Å². The third kappa shape index (κ3) is 2.79. The molecule has 0 aliphatic carbocycles. The highest BCUT2D eigenvalue weighted by Gasteiger charge is 2.11. The van der Waals surface area contributed by atoms with E-state index >= 15 is 0 Å². The van der Waals surface area contributed by atoms with Crippen LogP contribution in [0.5, 0.6) is 0 Å². The molecule has 6 heteroatoms. The number of aromatic nitrogens is 4. The molecule has 0 saturated carbocycles. The van der Waals surface area contributed by atoms with E-state index in [-0.39, 0.29) is 0 Å². The lowest BCUT2D eigenvalue weighted by Crippen LogP contribution is -1.99. The molecule has 0 fully saturated rings. The van der Waals surface area contributed by atoms with Crippen molar-refractivity contribution in [3.05, 3.63) is 33.9 Å². The van der Waals surface area contributed by atoms with E-state index < -0.39 is 0 Å². The van der Waals surface area contributed by atoms with Gasteiger partial charge in [-0.1, -0.05) is 24.9 Å². The minimum absolute atomic E-state index is 0.414. The van der Waals surface area contributed by atoms with Crippen LogP contribution in [0, 0.1) is 0 Å². The summed E-state index contributed by atoms with van der Waals surface area (Å²) in [5.74, 6) is 0.532. The van der Waals surface area contributed by atoms with Gasteiger partial charge in [-0.15, -0.1) is 0 Å². The second-order valence-corrected chi connectivity index (χ2v) is 4.59. The van der Waals surface area contributed by atoms with E-state index in [1.165, 1.54) is 6.33 Å². The van der Waals surface area contributed by atoms with Gasteiger partial charge in [-0.25, -0.2) is 19.9 Å². The van der Waals surface area contributed by atoms with Crippen LogP contribution >= 0.6 is 27.5 Å². The molecule has 0 saturated heterocycles. The monoisotopic (exact) mass is 312 g/mol. The highest BCUT2D eigenvalue weighted by atomic mass is 79.9. The molecular formula is C11H10BrClN4. The van der Waals surface area contributed by atoms with E-state index in [2.05, 4.69) is 42.8 Å². The first-order chi connectivity index (χ1) is 8.22. The third-order valence-corrected chi connectivity index (χ3v) is 3.51. The quantitative estimate of drug-likeness (QED) is 0.816. The van der Waals surface area contributed by atoms with Gasteiger partial charge in [0, 0.05) is 6.20 Å². The smallest absolute Gasteiger partial charge is 0.180 e. The first kappa shape index (κ1) is 12.4. The molecule has 0 N–H and O–H groups in total. The maximum absolute atomic E-state index is 6.06. The molecule has 0 bridgehead atoms. The zero-order valence-corrected chi connectivity index (χ0v) is 11.5. The average Bonchev–Trinajstić information content (AvgIpc) is 2.36. The van der Waals surface area contributed by atoms with E-state index in [0.29, 0.717) is 16.7 Å². The van der Waals surface area contributed by atoms with Crippen LogP contribution in [0.3, 0.4) is 0 Å². The molecule has 0 aliphatic rings. The van der Waals surface area contributed by atoms with Crippen molar-refractivity contribution in [1.29, 1.82) is 0 Å². The minimum Gasteiger partial charge on any atom is -0.245 e. The molecule has 2 aromatic heterocycles. The molecule has 0 radical (unpaired) electrons. The van der Waals surface area contributed by atoms with Gasteiger partial charge in [0.15, 0.2) is 5.82 Å². The Morgan fingerprint density at radius 3 is 2.82 bits per heavy atom. The van der Waals surface area contributed by atoms with Gasteiger partial charge in [0.1, 0.15) is 17.2 Å². The molecule has 0 unspecified atom stereocenters. The summed E-state index contributed by atoms with van der Waals surface area (Å²) in [5.41, 5.74) is 1.58. The summed E-state index contributed by atoms with van der Waals surface area (Å²) in [6.07, 6.45) is 4.96. The summed E-state index contributed by atoms with van der Waals surface area (Å²) in [7, 11) is 0. The molecule has 88 valence electrons. The van der Waals surface area contributed by atoms with Crippen LogP contribution in [-0.2, 0) is 6.42 Å². The highest BCUT2D eigenvalue weighted by molar-refractivity contribution is 9.10. The Kier molecular flexibility index (Phi) is 4.02. The second kappa shape index (κ2) is 5.51.